The molecule has 2 aromatic rings. The SMILES string of the molecule is CC(NCc1ccc(Cl)o1)c1ccccc1Cl. The van der Waals surface area contributed by atoms with Crippen LogP contribution in [0, 0.1) is 0 Å². The van der Waals surface area contributed by atoms with Crippen LogP contribution in [0.15, 0.2) is 40.8 Å². The summed E-state index contributed by atoms with van der Waals surface area (Å²) in [6, 6.07) is 11.5. The number of nitrogens with one attached hydrogen (secondary N) is 1. The fourth-order valence-corrected chi connectivity index (χ4v) is 2.10. The fraction of sp³-hybridized carbons (Fsp3) is 0.231. The van der Waals surface area contributed by atoms with Gasteiger partial charge in [-0.15, -0.1) is 0 Å². The first kappa shape index (κ1) is 12.5. The molecule has 1 N–H and O–H groups in total. The van der Waals surface area contributed by atoms with E-state index in [0.29, 0.717) is 11.8 Å². The standard InChI is InChI=1S/C13H13Cl2NO/c1-9(11-4-2-3-5-12(11)14)16-8-10-6-7-13(15)17-10/h2-7,9,16H,8H2,1H3. The molecule has 0 bridgehead atoms. The molecule has 17 heavy (non-hydrogen) atoms. The minimum absolute atomic E-state index is 0.160. The van der Waals surface area contributed by atoms with Crippen LogP contribution in [-0.4, -0.2) is 0 Å². The zero-order chi connectivity index (χ0) is 12.3. The molecule has 0 spiro atoms. The minimum Gasteiger partial charge on any atom is -0.448 e. The van der Waals surface area contributed by atoms with Gasteiger partial charge in [-0.1, -0.05) is 29.8 Å². The Labute approximate surface area is 111 Å². The molecule has 90 valence electrons. The molecule has 4 heteroatoms. The largest absolute Gasteiger partial charge is 0.448 e. The van der Waals surface area contributed by atoms with Crippen LogP contribution in [0.1, 0.15) is 24.3 Å². The van der Waals surface area contributed by atoms with Gasteiger partial charge in [0.2, 0.25) is 0 Å². The van der Waals surface area contributed by atoms with E-state index in [0.717, 1.165) is 16.3 Å². The van der Waals surface area contributed by atoms with Gasteiger partial charge in [0.05, 0.1) is 6.54 Å². The maximum absolute atomic E-state index is 6.12. The third kappa shape index (κ3) is 3.25. The Hall–Kier alpha value is -0.960. The second-order valence-electron chi connectivity index (χ2n) is 3.83. The van der Waals surface area contributed by atoms with Gasteiger partial charge in [0.15, 0.2) is 5.22 Å². The maximum Gasteiger partial charge on any atom is 0.193 e. The predicted molar refractivity (Wildman–Crippen MR) is 70.4 cm³/mol. The van der Waals surface area contributed by atoms with Crippen LogP contribution in [0.4, 0.5) is 0 Å². The predicted octanol–water partition coefficient (Wildman–Crippen LogP) is 4.44. The molecule has 0 fully saturated rings. The zero-order valence-corrected chi connectivity index (χ0v) is 10.9. The Kier molecular flexibility index (Phi) is 4.11. The number of hydrogen-bond acceptors (Lipinski definition) is 2. The summed E-state index contributed by atoms with van der Waals surface area (Å²) in [7, 11) is 0. The van der Waals surface area contributed by atoms with E-state index < -0.39 is 0 Å². The van der Waals surface area contributed by atoms with Gasteiger partial charge in [-0.25, -0.2) is 0 Å². The highest BCUT2D eigenvalue weighted by molar-refractivity contribution is 6.31. The molecule has 1 aromatic heterocycles. The molecular formula is C13H13Cl2NO. The van der Waals surface area contributed by atoms with Crippen molar-refractivity contribution in [3.8, 4) is 0 Å². The Balaban J connectivity index is 1.98. The minimum atomic E-state index is 0.160. The third-order valence-corrected chi connectivity index (χ3v) is 3.13. The van der Waals surface area contributed by atoms with E-state index in [4.69, 9.17) is 27.6 Å². The van der Waals surface area contributed by atoms with Crippen molar-refractivity contribution in [3.63, 3.8) is 0 Å². The lowest BCUT2D eigenvalue weighted by atomic mass is 10.1. The maximum atomic E-state index is 6.12. The van der Waals surface area contributed by atoms with E-state index in [1.807, 2.05) is 30.3 Å². The van der Waals surface area contributed by atoms with Gasteiger partial charge in [0.25, 0.3) is 0 Å². The van der Waals surface area contributed by atoms with Crippen molar-refractivity contribution >= 4 is 23.2 Å². The summed E-state index contributed by atoms with van der Waals surface area (Å²) in [5, 5.41) is 4.51. The molecule has 2 rings (SSSR count). The molecule has 1 unspecified atom stereocenters. The van der Waals surface area contributed by atoms with Crippen LogP contribution in [0.2, 0.25) is 10.2 Å². The average molecular weight is 270 g/mol. The summed E-state index contributed by atoms with van der Waals surface area (Å²) in [5.74, 6) is 0.814. The third-order valence-electron chi connectivity index (χ3n) is 2.58. The first-order valence-electron chi connectivity index (χ1n) is 5.39. The second-order valence-corrected chi connectivity index (χ2v) is 4.61. The molecule has 1 aromatic carbocycles. The van der Waals surface area contributed by atoms with Crippen molar-refractivity contribution < 1.29 is 4.42 Å². The van der Waals surface area contributed by atoms with Crippen LogP contribution in [0.3, 0.4) is 0 Å². The van der Waals surface area contributed by atoms with E-state index in [-0.39, 0.29) is 6.04 Å². The highest BCUT2D eigenvalue weighted by Crippen LogP contribution is 2.22. The lowest BCUT2D eigenvalue weighted by molar-refractivity contribution is 0.462. The summed E-state index contributed by atoms with van der Waals surface area (Å²) < 4.78 is 5.27. The lowest BCUT2D eigenvalue weighted by Crippen LogP contribution is -2.17. The number of rotatable bonds is 4. The van der Waals surface area contributed by atoms with Gasteiger partial charge in [-0.2, -0.15) is 0 Å². The monoisotopic (exact) mass is 269 g/mol. The average Bonchev–Trinajstić information content (AvgIpc) is 2.73. The van der Waals surface area contributed by atoms with E-state index in [9.17, 15) is 0 Å². The molecule has 0 aliphatic heterocycles. The van der Waals surface area contributed by atoms with Gasteiger partial charge in [0, 0.05) is 11.1 Å². The molecular weight excluding hydrogens is 257 g/mol. The molecule has 0 radical (unpaired) electrons. The second kappa shape index (κ2) is 5.58. The summed E-state index contributed by atoms with van der Waals surface area (Å²) in [6.45, 7) is 2.69. The molecule has 2 nitrogen and oxygen atoms in total. The molecule has 0 saturated carbocycles. The summed E-state index contributed by atoms with van der Waals surface area (Å²) in [5.41, 5.74) is 1.08. The first-order chi connectivity index (χ1) is 8.16. The topological polar surface area (TPSA) is 25.2 Å². The molecule has 0 saturated heterocycles. The van der Waals surface area contributed by atoms with Crippen molar-refractivity contribution in [2.45, 2.75) is 19.5 Å². The summed E-state index contributed by atoms with van der Waals surface area (Å²) >= 11 is 11.8. The Morgan fingerprint density at radius 1 is 1.18 bits per heavy atom. The molecule has 0 aliphatic carbocycles. The molecule has 0 amide bonds. The van der Waals surface area contributed by atoms with E-state index in [1.165, 1.54) is 0 Å². The molecule has 0 aliphatic rings. The smallest absolute Gasteiger partial charge is 0.193 e. The summed E-state index contributed by atoms with van der Waals surface area (Å²) in [6.07, 6.45) is 0. The van der Waals surface area contributed by atoms with Gasteiger partial charge < -0.3 is 9.73 Å². The van der Waals surface area contributed by atoms with Crippen LogP contribution in [0.25, 0.3) is 0 Å². The molecule has 1 heterocycles. The Morgan fingerprint density at radius 3 is 2.59 bits per heavy atom. The van der Waals surface area contributed by atoms with Crippen molar-refractivity contribution in [2.24, 2.45) is 0 Å². The number of hydrogen-bond donors (Lipinski definition) is 1. The van der Waals surface area contributed by atoms with Gasteiger partial charge >= 0.3 is 0 Å². The van der Waals surface area contributed by atoms with Gasteiger partial charge in [0.1, 0.15) is 5.76 Å². The van der Waals surface area contributed by atoms with Gasteiger partial charge in [-0.05, 0) is 42.3 Å². The van der Waals surface area contributed by atoms with Crippen molar-refractivity contribution in [3.05, 3.63) is 58.0 Å². The number of halogens is 2. The Bertz CT molecular complexity index is 496. The van der Waals surface area contributed by atoms with Crippen LogP contribution in [-0.2, 0) is 6.54 Å². The van der Waals surface area contributed by atoms with E-state index >= 15 is 0 Å². The van der Waals surface area contributed by atoms with Crippen molar-refractivity contribution in [1.29, 1.82) is 0 Å². The number of furan rings is 1. The van der Waals surface area contributed by atoms with E-state index in [2.05, 4.69) is 12.2 Å². The number of benzene rings is 1. The normalized spacial score (nSPS) is 12.6. The zero-order valence-electron chi connectivity index (χ0n) is 9.41. The quantitative estimate of drug-likeness (QED) is 0.888. The first-order valence-corrected chi connectivity index (χ1v) is 6.14. The van der Waals surface area contributed by atoms with E-state index in [1.54, 1.807) is 6.07 Å². The van der Waals surface area contributed by atoms with Crippen LogP contribution < -0.4 is 5.32 Å². The lowest BCUT2D eigenvalue weighted by Gasteiger charge is -2.14. The summed E-state index contributed by atoms with van der Waals surface area (Å²) in [4.78, 5) is 0. The Morgan fingerprint density at radius 2 is 1.94 bits per heavy atom. The highest BCUT2D eigenvalue weighted by atomic mass is 35.5. The van der Waals surface area contributed by atoms with Gasteiger partial charge in [-0.3, -0.25) is 0 Å². The van der Waals surface area contributed by atoms with Crippen molar-refractivity contribution in [2.75, 3.05) is 0 Å². The van der Waals surface area contributed by atoms with Crippen LogP contribution >= 0.6 is 23.2 Å². The molecule has 1 atom stereocenters. The van der Waals surface area contributed by atoms with Crippen LogP contribution in [0.5, 0.6) is 0 Å². The highest BCUT2D eigenvalue weighted by Gasteiger charge is 2.09. The fourth-order valence-electron chi connectivity index (χ4n) is 1.64. The van der Waals surface area contributed by atoms with Crippen molar-refractivity contribution in [1.82, 2.24) is 5.32 Å².